The number of carboxylic acid groups (broad SMARTS) is 2. The monoisotopic (exact) mass is 271 g/mol. The fraction of sp³-hybridized carbons (Fsp3) is 0.615. The lowest BCUT2D eigenvalue weighted by molar-refractivity contribution is -0.124. The average Bonchev–Trinajstić information content (AvgIpc) is 2.61. The second kappa shape index (κ2) is 11.3. The van der Waals surface area contributed by atoms with Crippen molar-refractivity contribution in [3.63, 3.8) is 0 Å². The van der Waals surface area contributed by atoms with Gasteiger partial charge in [-0.15, -0.1) is 0 Å². The van der Waals surface area contributed by atoms with E-state index in [0.717, 1.165) is 0 Å². The summed E-state index contributed by atoms with van der Waals surface area (Å²) in [6.45, 7) is 0. The number of carbonyl (C=O) groups is 3. The number of hydrogen-bond acceptors (Lipinski definition) is 3. The summed E-state index contributed by atoms with van der Waals surface area (Å²) in [5.74, 6) is -0.296. The summed E-state index contributed by atoms with van der Waals surface area (Å²) in [7, 11) is 0. The first-order valence-electron chi connectivity index (χ1n) is 6.42. The summed E-state index contributed by atoms with van der Waals surface area (Å²) in [4.78, 5) is 28.8. The molecule has 1 saturated heterocycles. The lowest BCUT2D eigenvalue weighted by atomic mass is 10.1. The second-order valence-electron chi connectivity index (χ2n) is 4.22. The number of hydrogen-bond donors (Lipinski definition) is 3. The highest BCUT2D eigenvalue weighted by atomic mass is 16.6. The van der Waals surface area contributed by atoms with Crippen LogP contribution in [0.4, 0.5) is 4.79 Å². The average molecular weight is 271 g/mol. The second-order valence-corrected chi connectivity index (χ2v) is 4.22. The van der Waals surface area contributed by atoms with E-state index in [1.165, 1.54) is 38.5 Å². The van der Waals surface area contributed by atoms with E-state index < -0.39 is 6.16 Å². The van der Waals surface area contributed by atoms with Crippen LogP contribution in [-0.4, -0.2) is 28.2 Å². The van der Waals surface area contributed by atoms with Crippen molar-refractivity contribution in [2.45, 2.75) is 51.4 Å². The molecule has 0 saturated carbocycles. The molecule has 19 heavy (non-hydrogen) atoms. The Balaban J connectivity index is 0.000000272. The molecule has 2 amide bonds. The van der Waals surface area contributed by atoms with E-state index in [9.17, 15) is 9.59 Å². The minimum absolute atomic E-state index is 0.148. The molecule has 0 unspecified atom stereocenters. The molecule has 0 aromatic rings. The van der Waals surface area contributed by atoms with Crippen LogP contribution in [0.25, 0.3) is 0 Å². The van der Waals surface area contributed by atoms with Gasteiger partial charge >= 0.3 is 6.16 Å². The Morgan fingerprint density at radius 3 is 1.53 bits per heavy atom. The quantitative estimate of drug-likeness (QED) is 0.464. The van der Waals surface area contributed by atoms with Crippen LogP contribution in [0.3, 0.4) is 0 Å². The summed E-state index contributed by atoms with van der Waals surface area (Å²) in [6.07, 6.45) is 11.9. The van der Waals surface area contributed by atoms with E-state index in [1.54, 1.807) is 0 Å². The number of rotatable bonds is 0. The van der Waals surface area contributed by atoms with Crippen LogP contribution in [0.2, 0.25) is 0 Å². The van der Waals surface area contributed by atoms with Crippen LogP contribution >= 0.6 is 0 Å². The minimum atomic E-state index is -1.83. The van der Waals surface area contributed by atoms with E-state index >= 15 is 0 Å². The van der Waals surface area contributed by atoms with Gasteiger partial charge in [-0.3, -0.25) is 14.9 Å². The zero-order chi connectivity index (χ0) is 14.5. The molecule has 6 nitrogen and oxygen atoms in total. The summed E-state index contributed by atoms with van der Waals surface area (Å²) in [6, 6.07) is 0. The number of imide groups is 1. The zero-order valence-corrected chi connectivity index (χ0v) is 10.9. The molecule has 0 aromatic carbocycles. The van der Waals surface area contributed by atoms with Crippen LogP contribution in [-0.2, 0) is 9.59 Å². The Labute approximate surface area is 112 Å². The molecule has 1 aliphatic carbocycles. The standard InChI is InChI=1S/C8H14.C4H5NO2.CH2O3/c1-2-4-6-8-7-5-3-1;6-3-1-2-4(7)5-3;2-1(3)4/h1-2H,3-8H2;1-2H2,(H,5,6,7);(H2,2,3,4)/b2-1+;;. The van der Waals surface area contributed by atoms with Crippen molar-refractivity contribution in [1.82, 2.24) is 5.32 Å². The van der Waals surface area contributed by atoms with Crippen LogP contribution in [0.15, 0.2) is 12.2 Å². The molecule has 0 radical (unpaired) electrons. The van der Waals surface area contributed by atoms with Gasteiger partial charge < -0.3 is 10.2 Å². The van der Waals surface area contributed by atoms with Crippen molar-refractivity contribution in [1.29, 1.82) is 0 Å². The predicted molar refractivity (Wildman–Crippen MR) is 69.9 cm³/mol. The normalized spacial score (nSPS) is 19.6. The van der Waals surface area contributed by atoms with E-state index in [1.807, 2.05) is 0 Å². The third kappa shape index (κ3) is 14.1. The highest BCUT2D eigenvalue weighted by Gasteiger charge is 2.15. The summed E-state index contributed by atoms with van der Waals surface area (Å²) in [5.41, 5.74) is 0. The molecule has 2 aliphatic rings. The van der Waals surface area contributed by atoms with E-state index in [2.05, 4.69) is 17.5 Å². The van der Waals surface area contributed by atoms with Crippen molar-refractivity contribution in [3.8, 4) is 0 Å². The van der Waals surface area contributed by atoms with Gasteiger partial charge in [0.05, 0.1) is 0 Å². The fourth-order valence-electron chi connectivity index (χ4n) is 1.62. The molecule has 1 aliphatic heterocycles. The van der Waals surface area contributed by atoms with Gasteiger partial charge in [0.2, 0.25) is 11.8 Å². The Kier molecular flexibility index (Phi) is 10.2. The smallest absolute Gasteiger partial charge is 0.450 e. The zero-order valence-electron chi connectivity index (χ0n) is 10.9. The topological polar surface area (TPSA) is 104 Å². The third-order valence-electron chi connectivity index (χ3n) is 2.52. The molecular formula is C13H21NO5. The summed E-state index contributed by atoms with van der Waals surface area (Å²) < 4.78 is 0. The Hall–Kier alpha value is -1.85. The molecular weight excluding hydrogens is 250 g/mol. The maximum atomic E-state index is 10.1. The van der Waals surface area contributed by atoms with Crippen LogP contribution in [0.5, 0.6) is 0 Å². The maximum Gasteiger partial charge on any atom is 0.503 e. The largest absolute Gasteiger partial charge is 0.503 e. The molecule has 1 heterocycles. The maximum absolute atomic E-state index is 10.1. The number of amides is 2. The van der Waals surface area contributed by atoms with Crippen molar-refractivity contribution in [3.05, 3.63) is 12.2 Å². The van der Waals surface area contributed by atoms with Crippen LogP contribution in [0, 0.1) is 0 Å². The van der Waals surface area contributed by atoms with Crippen LogP contribution in [0.1, 0.15) is 51.4 Å². The molecule has 0 bridgehead atoms. The van der Waals surface area contributed by atoms with Crippen molar-refractivity contribution in [2.24, 2.45) is 0 Å². The van der Waals surface area contributed by atoms with Gasteiger partial charge in [-0.1, -0.05) is 25.0 Å². The van der Waals surface area contributed by atoms with Gasteiger partial charge in [0.1, 0.15) is 0 Å². The van der Waals surface area contributed by atoms with E-state index in [4.69, 9.17) is 15.0 Å². The number of nitrogens with one attached hydrogen (secondary N) is 1. The minimum Gasteiger partial charge on any atom is -0.450 e. The summed E-state index contributed by atoms with van der Waals surface area (Å²) in [5, 5.41) is 16.1. The van der Waals surface area contributed by atoms with Crippen molar-refractivity contribution in [2.75, 3.05) is 0 Å². The van der Waals surface area contributed by atoms with Gasteiger partial charge in [0, 0.05) is 12.8 Å². The number of allylic oxidation sites excluding steroid dienone is 2. The molecule has 6 heteroatoms. The summed E-state index contributed by atoms with van der Waals surface area (Å²) >= 11 is 0. The highest BCUT2D eigenvalue weighted by molar-refractivity contribution is 6.01. The molecule has 1 fully saturated rings. The van der Waals surface area contributed by atoms with Gasteiger partial charge in [-0.25, -0.2) is 4.79 Å². The lowest BCUT2D eigenvalue weighted by Crippen LogP contribution is -2.18. The van der Waals surface area contributed by atoms with Crippen LogP contribution < -0.4 is 5.32 Å². The predicted octanol–water partition coefficient (Wildman–Crippen LogP) is 2.54. The van der Waals surface area contributed by atoms with Gasteiger partial charge in [0.25, 0.3) is 0 Å². The highest BCUT2D eigenvalue weighted by Crippen LogP contribution is 2.09. The molecule has 2 rings (SSSR count). The molecule has 0 aromatic heterocycles. The van der Waals surface area contributed by atoms with Gasteiger partial charge in [-0.2, -0.15) is 0 Å². The first kappa shape index (κ1) is 17.2. The van der Waals surface area contributed by atoms with Gasteiger partial charge in [0.15, 0.2) is 0 Å². The molecule has 3 N–H and O–H groups in total. The Bertz CT molecular complexity index is 297. The molecule has 0 spiro atoms. The molecule has 108 valence electrons. The lowest BCUT2D eigenvalue weighted by Gasteiger charge is -2.00. The van der Waals surface area contributed by atoms with Crippen molar-refractivity contribution >= 4 is 18.0 Å². The van der Waals surface area contributed by atoms with Gasteiger partial charge in [-0.05, 0) is 25.7 Å². The van der Waals surface area contributed by atoms with Crippen molar-refractivity contribution < 1.29 is 24.6 Å². The van der Waals surface area contributed by atoms with E-state index in [0.29, 0.717) is 12.8 Å². The first-order valence-corrected chi connectivity index (χ1v) is 6.42. The van der Waals surface area contributed by atoms with E-state index in [-0.39, 0.29) is 11.8 Å². The Morgan fingerprint density at radius 2 is 1.26 bits per heavy atom. The fourth-order valence-corrected chi connectivity index (χ4v) is 1.62. The third-order valence-corrected chi connectivity index (χ3v) is 2.52. The molecule has 0 atom stereocenters. The Morgan fingerprint density at radius 1 is 0.895 bits per heavy atom. The number of carbonyl (C=O) groups excluding carboxylic acids is 2. The first-order chi connectivity index (χ1) is 9.02. The SMILES string of the molecule is C1=C/CCCCCC/1.O=C(O)O.O=C1CCC(=O)N1.